The van der Waals surface area contributed by atoms with Crippen LogP contribution in [0.4, 0.5) is 4.39 Å². The lowest BCUT2D eigenvalue weighted by molar-refractivity contribution is 0.0690. The van der Waals surface area contributed by atoms with E-state index in [1.54, 1.807) is 0 Å². The van der Waals surface area contributed by atoms with E-state index in [9.17, 15) is 37.4 Å². The van der Waals surface area contributed by atoms with E-state index in [2.05, 4.69) is 0 Å². The fourth-order valence-corrected chi connectivity index (χ4v) is 6.41. The van der Waals surface area contributed by atoms with Crippen LogP contribution in [0.2, 0.25) is 0 Å². The lowest BCUT2D eigenvalue weighted by Crippen LogP contribution is -2.50. The monoisotopic (exact) mass is 456 g/mol. The van der Waals surface area contributed by atoms with E-state index in [0.29, 0.717) is 11.3 Å². The maximum atomic E-state index is 13.3. The van der Waals surface area contributed by atoms with E-state index < -0.39 is 43.5 Å². The molecule has 0 unspecified atom stereocenters. The highest BCUT2D eigenvalue weighted by Crippen LogP contribution is 2.34. The summed E-state index contributed by atoms with van der Waals surface area (Å²) in [5, 5.41) is 18.6. The minimum Gasteiger partial charge on any atom is -0.478 e. The molecule has 2 N–H and O–H groups in total. The van der Waals surface area contributed by atoms with Gasteiger partial charge in [-0.3, -0.25) is 4.79 Å². The van der Waals surface area contributed by atoms with Gasteiger partial charge in [0.15, 0.2) is 4.21 Å². The maximum Gasteiger partial charge on any atom is 0.346 e. The number of thiophene rings is 1. The highest BCUT2D eigenvalue weighted by molar-refractivity contribution is 7.91. The molecule has 1 saturated heterocycles. The van der Waals surface area contributed by atoms with Gasteiger partial charge in [-0.1, -0.05) is 6.07 Å². The van der Waals surface area contributed by atoms with Crippen LogP contribution in [0.1, 0.15) is 36.0 Å². The minimum absolute atomic E-state index is 0.0210. The number of sulfonamides is 1. The summed E-state index contributed by atoms with van der Waals surface area (Å²) in [6.45, 7) is 1.07. The predicted octanol–water partition coefficient (Wildman–Crippen LogP) is 1.74. The largest absolute Gasteiger partial charge is 0.478 e. The second kappa shape index (κ2) is 8.13. The number of nitrogens with zero attached hydrogens (tertiary/aromatic N) is 2. The first-order chi connectivity index (χ1) is 14.0. The van der Waals surface area contributed by atoms with Crippen LogP contribution in [0, 0.1) is 12.7 Å². The number of hydrogen-bond acceptors (Lipinski definition) is 6. The molecule has 30 heavy (non-hydrogen) atoms. The van der Waals surface area contributed by atoms with Gasteiger partial charge in [0.2, 0.25) is 0 Å². The van der Waals surface area contributed by atoms with Gasteiger partial charge >= 0.3 is 11.9 Å². The number of amides is 1. The zero-order valence-corrected chi connectivity index (χ0v) is 17.3. The number of aromatic carboxylic acids is 2. The number of rotatable bonds is 5. The van der Waals surface area contributed by atoms with E-state index in [1.165, 1.54) is 30.0 Å². The molecule has 0 aliphatic carbocycles. The number of carbonyl (C=O) groups excluding carboxylic acids is 1. The van der Waals surface area contributed by atoms with Gasteiger partial charge in [-0.2, -0.15) is 4.31 Å². The van der Waals surface area contributed by atoms with Crippen LogP contribution in [-0.4, -0.2) is 71.9 Å². The number of carboxylic acid groups (broad SMARTS) is 2. The molecule has 0 radical (unpaired) electrons. The molecule has 1 amide bonds. The number of carbonyl (C=O) groups is 3. The first-order valence-electron chi connectivity index (χ1n) is 8.69. The Morgan fingerprint density at radius 2 is 1.70 bits per heavy atom. The molecule has 1 aromatic heterocycles. The van der Waals surface area contributed by atoms with Crippen molar-refractivity contribution in [2.75, 3.05) is 26.2 Å². The van der Waals surface area contributed by atoms with E-state index in [4.69, 9.17) is 0 Å². The Balaban J connectivity index is 1.83. The average molecular weight is 456 g/mol. The summed E-state index contributed by atoms with van der Waals surface area (Å²) in [7, 11) is -4.28. The van der Waals surface area contributed by atoms with E-state index in [1.807, 2.05) is 0 Å². The van der Waals surface area contributed by atoms with Gasteiger partial charge in [0.25, 0.3) is 15.9 Å². The summed E-state index contributed by atoms with van der Waals surface area (Å²) in [5.41, 5.74) is -0.548. The van der Waals surface area contributed by atoms with Crippen molar-refractivity contribution in [3.05, 3.63) is 51.7 Å². The highest BCUT2D eigenvalue weighted by Gasteiger charge is 2.37. The Bertz CT molecular complexity index is 1140. The number of hydrogen-bond donors (Lipinski definition) is 2. The first kappa shape index (κ1) is 21.9. The van der Waals surface area contributed by atoms with Crippen molar-refractivity contribution in [2.24, 2.45) is 0 Å². The molecule has 2 aromatic rings. The van der Waals surface area contributed by atoms with E-state index in [0.717, 1.165) is 10.4 Å². The van der Waals surface area contributed by atoms with Crippen LogP contribution in [0.25, 0.3) is 0 Å². The van der Waals surface area contributed by atoms with Crippen LogP contribution in [0.15, 0.2) is 28.5 Å². The lowest BCUT2D eigenvalue weighted by atomic mass is 10.2. The molecule has 0 bridgehead atoms. The maximum absolute atomic E-state index is 13.3. The Morgan fingerprint density at radius 3 is 2.23 bits per heavy atom. The second-order valence-electron chi connectivity index (χ2n) is 6.54. The molecule has 160 valence electrons. The van der Waals surface area contributed by atoms with Gasteiger partial charge in [-0.15, -0.1) is 11.3 Å². The topological polar surface area (TPSA) is 132 Å². The van der Waals surface area contributed by atoms with Crippen LogP contribution in [-0.2, 0) is 10.0 Å². The molecule has 1 aliphatic rings. The van der Waals surface area contributed by atoms with Crippen molar-refractivity contribution in [3.8, 4) is 0 Å². The van der Waals surface area contributed by atoms with E-state index in [-0.39, 0.29) is 42.2 Å². The van der Waals surface area contributed by atoms with Crippen molar-refractivity contribution in [3.63, 3.8) is 0 Å². The third-order valence-corrected chi connectivity index (χ3v) is 8.37. The zero-order chi connectivity index (χ0) is 22.2. The quantitative estimate of drug-likeness (QED) is 0.700. The number of carboxylic acids is 2. The highest BCUT2D eigenvalue weighted by atomic mass is 32.2. The SMILES string of the molecule is Cc1c(C(=O)O)sc(S(=O)(=O)N2CCN(C(=O)c3cccc(F)c3)CC2)c1C(=O)O. The fourth-order valence-electron chi connectivity index (χ4n) is 3.17. The molecule has 0 saturated carbocycles. The standard InChI is InChI=1S/C18H17FN2O7S2/c1-10-13(16(23)24)18(29-14(10)17(25)26)30(27,28)21-7-5-20(6-8-21)15(22)11-3-2-4-12(19)9-11/h2-4,9H,5-8H2,1H3,(H,23,24)(H,25,26). The van der Waals surface area contributed by atoms with Crippen LogP contribution < -0.4 is 0 Å². The summed E-state index contributed by atoms with van der Waals surface area (Å²) < 4.78 is 39.9. The van der Waals surface area contributed by atoms with Crippen molar-refractivity contribution >= 4 is 39.2 Å². The summed E-state index contributed by atoms with van der Waals surface area (Å²) in [5.74, 6) is -3.95. The molecule has 2 heterocycles. The van der Waals surface area contributed by atoms with Crippen LogP contribution in [0.3, 0.4) is 0 Å². The number of halogens is 1. The summed E-state index contributed by atoms with van der Waals surface area (Å²) in [4.78, 5) is 36.4. The van der Waals surface area contributed by atoms with Gasteiger partial charge in [0, 0.05) is 31.7 Å². The van der Waals surface area contributed by atoms with Gasteiger partial charge < -0.3 is 15.1 Å². The summed E-state index contributed by atoms with van der Waals surface area (Å²) in [6, 6.07) is 5.15. The summed E-state index contributed by atoms with van der Waals surface area (Å²) >= 11 is 0.397. The Hall–Kier alpha value is -2.83. The van der Waals surface area contributed by atoms with Crippen molar-refractivity contribution in [2.45, 2.75) is 11.1 Å². The second-order valence-corrected chi connectivity index (χ2v) is 9.69. The van der Waals surface area contributed by atoms with Crippen LogP contribution >= 0.6 is 11.3 Å². The van der Waals surface area contributed by atoms with Crippen LogP contribution in [0.5, 0.6) is 0 Å². The smallest absolute Gasteiger partial charge is 0.346 e. The lowest BCUT2D eigenvalue weighted by Gasteiger charge is -2.33. The number of piperazine rings is 1. The Morgan fingerprint density at radius 1 is 1.07 bits per heavy atom. The van der Waals surface area contributed by atoms with Gasteiger partial charge in [-0.25, -0.2) is 22.4 Å². The molecular weight excluding hydrogens is 439 g/mol. The van der Waals surface area contributed by atoms with E-state index >= 15 is 0 Å². The molecule has 1 fully saturated rings. The van der Waals surface area contributed by atoms with Crippen molar-refractivity contribution in [1.82, 2.24) is 9.21 Å². The minimum atomic E-state index is -4.28. The number of benzene rings is 1. The van der Waals surface area contributed by atoms with Crippen molar-refractivity contribution in [1.29, 1.82) is 0 Å². The predicted molar refractivity (Wildman–Crippen MR) is 104 cm³/mol. The molecular formula is C18H17FN2O7S2. The van der Waals surface area contributed by atoms with Crippen molar-refractivity contribution < 1.29 is 37.4 Å². The normalized spacial score (nSPS) is 15.2. The molecule has 0 atom stereocenters. The first-order valence-corrected chi connectivity index (χ1v) is 10.9. The zero-order valence-electron chi connectivity index (χ0n) is 15.7. The molecule has 1 aromatic carbocycles. The molecule has 12 heteroatoms. The third-order valence-electron chi connectivity index (χ3n) is 4.69. The Labute approximate surface area is 175 Å². The average Bonchev–Trinajstić information content (AvgIpc) is 3.06. The van der Waals surface area contributed by atoms with Gasteiger partial charge in [0.05, 0.1) is 5.56 Å². The summed E-state index contributed by atoms with van der Waals surface area (Å²) in [6.07, 6.45) is 0. The molecule has 3 rings (SSSR count). The Kier molecular flexibility index (Phi) is 5.92. The fraction of sp³-hybridized carbons (Fsp3) is 0.278. The van der Waals surface area contributed by atoms with Gasteiger partial charge in [-0.05, 0) is 30.7 Å². The van der Waals surface area contributed by atoms with Gasteiger partial charge in [0.1, 0.15) is 10.7 Å². The third kappa shape index (κ3) is 3.93. The molecule has 9 nitrogen and oxygen atoms in total. The molecule has 0 spiro atoms. The molecule has 1 aliphatic heterocycles.